The largest absolute Gasteiger partial charge is 0.497 e. The first-order valence-corrected chi connectivity index (χ1v) is 8.33. The summed E-state index contributed by atoms with van der Waals surface area (Å²) in [5, 5.41) is 7.85. The van der Waals surface area contributed by atoms with Crippen LogP contribution in [0, 0.1) is 6.92 Å². The van der Waals surface area contributed by atoms with Gasteiger partial charge in [-0.3, -0.25) is 0 Å². The lowest BCUT2D eigenvalue weighted by Crippen LogP contribution is -2.28. The molecule has 2 heterocycles. The summed E-state index contributed by atoms with van der Waals surface area (Å²) < 4.78 is 7.15. The summed E-state index contributed by atoms with van der Waals surface area (Å²) in [6.45, 7) is 2.10. The van der Waals surface area contributed by atoms with E-state index < -0.39 is 0 Å². The Hall–Kier alpha value is -3.02. The van der Waals surface area contributed by atoms with Crippen molar-refractivity contribution in [2.24, 2.45) is 0 Å². The highest BCUT2D eigenvalue weighted by molar-refractivity contribution is 5.42. The normalized spacial score (nSPS) is 19.1. The summed E-state index contributed by atoms with van der Waals surface area (Å²) in [4.78, 5) is 4.35. The molecule has 2 atom stereocenters. The number of aromatic nitrogens is 3. The van der Waals surface area contributed by atoms with Crippen molar-refractivity contribution < 1.29 is 4.74 Å². The maximum atomic E-state index is 5.85. The molecule has 0 fully saturated rings. The Labute approximate surface area is 146 Å². The number of benzene rings is 2. The van der Waals surface area contributed by atoms with Gasteiger partial charge in [0.25, 0.3) is 0 Å². The summed E-state index contributed by atoms with van der Waals surface area (Å²) in [5.41, 5.74) is 9.48. The summed E-state index contributed by atoms with van der Waals surface area (Å²) in [6, 6.07) is 16.9. The Balaban J connectivity index is 1.73. The van der Waals surface area contributed by atoms with Gasteiger partial charge in [0.1, 0.15) is 5.75 Å². The zero-order valence-corrected chi connectivity index (χ0v) is 14.3. The number of aryl methyl sites for hydroxylation is 1. The van der Waals surface area contributed by atoms with Crippen LogP contribution in [0.1, 0.15) is 35.2 Å². The van der Waals surface area contributed by atoms with Crippen LogP contribution >= 0.6 is 0 Å². The molecule has 6 nitrogen and oxygen atoms in total. The Morgan fingerprint density at radius 1 is 1.16 bits per heavy atom. The molecule has 3 aromatic rings. The second kappa shape index (κ2) is 6.12. The molecule has 2 aromatic carbocycles. The Kier molecular flexibility index (Phi) is 3.80. The number of nitrogens with zero attached hydrogens (tertiary/aromatic N) is 3. The first-order chi connectivity index (χ1) is 12.1. The van der Waals surface area contributed by atoms with Gasteiger partial charge in [-0.1, -0.05) is 42.0 Å². The van der Waals surface area contributed by atoms with Crippen LogP contribution in [-0.4, -0.2) is 21.9 Å². The van der Waals surface area contributed by atoms with E-state index in [1.807, 2.05) is 16.8 Å². The number of ether oxygens (including phenoxy) is 1. The third-order valence-corrected chi connectivity index (χ3v) is 4.65. The van der Waals surface area contributed by atoms with Crippen molar-refractivity contribution >= 4 is 11.9 Å². The second-order valence-electron chi connectivity index (χ2n) is 6.37. The minimum atomic E-state index is 0.0908. The molecule has 0 aliphatic carbocycles. The number of fused-ring (bicyclic) bond motifs is 1. The number of hydrogen-bond acceptors (Lipinski definition) is 5. The molecule has 1 aromatic heterocycles. The van der Waals surface area contributed by atoms with Gasteiger partial charge in [0.05, 0.1) is 19.2 Å². The van der Waals surface area contributed by atoms with Gasteiger partial charge >= 0.3 is 0 Å². The van der Waals surface area contributed by atoms with Gasteiger partial charge in [0.2, 0.25) is 11.9 Å². The van der Waals surface area contributed by atoms with E-state index in [1.54, 1.807) is 7.11 Å². The number of nitrogens with one attached hydrogen (secondary N) is 1. The zero-order valence-electron chi connectivity index (χ0n) is 14.3. The van der Waals surface area contributed by atoms with Gasteiger partial charge in [-0.2, -0.15) is 4.98 Å². The Morgan fingerprint density at radius 2 is 1.96 bits per heavy atom. The highest BCUT2D eigenvalue weighted by Crippen LogP contribution is 2.38. The monoisotopic (exact) mass is 335 g/mol. The molecule has 128 valence electrons. The maximum absolute atomic E-state index is 5.85. The van der Waals surface area contributed by atoms with Crippen molar-refractivity contribution in [3.63, 3.8) is 0 Å². The van der Waals surface area contributed by atoms with E-state index in [1.165, 1.54) is 16.7 Å². The molecule has 6 heteroatoms. The number of anilines is 2. The fourth-order valence-corrected chi connectivity index (χ4v) is 3.40. The van der Waals surface area contributed by atoms with Crippen molar-refractivity contribution in [2.45, 2.75) is 25.4 Å². The molecule has 25 heavy (non-hydrogen) atoms. The summed E-state index contributed by atoms with van der Waals surface area (Å²) in [6.07, 6.45) is 0.867. The molecule has 0 unspecified atom stereocenters. The number of rotatable bonds is 3. The van der Waals surface area contributed by atoms with Crippen molar-refractivity contribution in [3.05, 3.63) is 65.2 Å². The maximum Gasteiger partial charge on any atom is 0.241 e. The van der Waals surface area contributed by atoms with E-state index in [9.17, 15) is 0 Å². The molecular weight excluding hydrogens is 314 g/mol. The van der Waals surface area contributed by atoms with Gasteiger partial charge in [-0.25, -0.2) is 4.68 Å². The smallest absolute Gasteiger partial charge is 0.241 e. The average Bonchev–Trinajstić information content (AvgIpc) is 3.01. The van der Waals surface area contributed by atoms with E-state index in [-0.39, 0.29) is 18.0 Å². The van der Waals surface area contributed by atoms with Crippen LogP contribution in [0.25, 0.3) is 0 Å². The van der Waals surface area contributed by atoms with Gasteiger partial charge in [-0.15, -0.1) is 5.10 Å². The molecule has 0 saturated carbocycles. The zero-order chi connectivity index (χ0) is 17.4. The van der Waals surface area contributed by atoms with Crippen LogP contribution < -0.4 is 15.8 Å². The van der Waals surface area contributed by atoms with Crippen molar-refractivity contribution in [2.75, 3.05) is 18.2 Å². The van der Waals surface area contributed by atoms with E-state index in [4.69, 9.17) is 10.5 Å². The van der Waals surface area contributed by atoms with Crippen LogP contribution in [0.3, 0.4) is 0 Å². The lowest BCUT2D eigenvalue weighted by Gasteiger charge is -2.31. The minimum Gasteiger partial charge on any atom is -0.497 e. The van der Waals surface area contributed by atoms with E-state index in [2.05, 4.69) is 58.7 Å². The molecule has 0 spiro atoms. The van der Waals surface area contributed by atoms with Crippen LogP contribution in [0.15, 0.2) is 48.5 Å². The molecule has 4 rings (SSSR count). The van der Waals surface area contributed by atoms with Crippen LogP contribution in [-0.2, 0) is 0 Å². The molecule has 0 radical (unpaired) electrons. The first kappa shape index (κ1) is 15.5. The number of hydrogen-bond donors (Lipinski definition) is 2. The topological polar surface area (TPSA) is 78.0 Å². The van der Waals surface area contributed by atoms with Crippen molar-refractivity contribution in [1.29, 1.82) is 0 Å². The average molecular weight is 335 g/mol. The van der Waals surface area contributed by atoms with Crippen LogP contribution in [0.2, 0.25) is 0 Å². The fraction of sp³-hybridized carbons (Fsp3) is 0.263. The Bertz CT molecular complexity index is 887. The third kappa shape index (κ3) is 2.91. The van der Waals surface area contributed by atoms with Gasteiger partial charge in [0, 0.05) is 0 Å². The molecule has 1 aliphatic rings. The molecule has 3 N–H and O–H groups in total. The minimum absolute atomic E-state index is 0.0908. The molecule has 0 saturated heterocycles. The quantitative estimate of drug-likeness (QED) is 0.768. The highest BCUT2D eigenvalue weighted by Gasteiger charge is 2.30. The van der Waals surface area contributed by atoms with E-state index in [0.29, 0.717) is 5.95 Å². The molecule has 0 amide bonds. The predicted octanol–water partition coefficient (Wildman–Crippen LogP) is 3.32. The first-order valence-electron chi connectivity index (χ1n) is 8.33. The van der Waals surface area contributed by atoms with Gasteiger partial charge in [0.15, 0.2) is 0 Å². The van der Waals surface area contributed by atoms with E-state index >= 15 is 0 Å². The molecular formula is C19H21N5O. The Morgan fingerprint density at radius 3 is 2.68 bits per heavy atom. The van der Waals surface area contributed by atoms with Crippen LogP contribution in [0.5, 0.6) is 5.75 Å². The lowest BCUT2D eigenvalue weighted by molar-refractivity contribution is 0.413. The standard InChI is InChI=1S/C19H21N5O/c1-12-4-3-5-14(10-12)17-11-16(13-6-8-15(25-2)9-7-13)21-19-22-18(20)23-24(17)19/h3-10,16-17H,11H2,1-2H3,(H3,20,21,22,23)/t16-,17-/m0/s1. The number of methoxy groups -OCH3 is 1. The van der Waals surface area contributed by atoms with Crippen molar-refractivity contribution in [1.82, 2.24) is 14.8 Å². The summed E-state index contributed by atoms with van der Waals surface area (Å²) in [5.74, 6) is 1.84. The highest BCUT2D eigenvalue weighted by atomic mass is 16.5. The number of nitrogens with two attached hydrogens (primary N) is 1. The summed E-state index contributed by atoms with van der Waals surface area (Å²) in [7, 11) is 1.67. The van der Waals surface area contributed by atoms with Crippen LogP contribution in [0.4, 0.5) is 11.9 Å². The molecule has 0 bridgehead atoms. The number of nitrogen functional groups attached to an aromatic ring is 1. The van der Waals surface area contributed by atoms with E-state index in [0.717, 1.165) is 12.2 Å². The van der Waals surface area contributed by atoms with Gasteiger partial charge < -0.3 is 15.8 Å². The van der Waals surface area contributed by atoms with Gasteiger partial charge in [-0.05, 0) is 36.6 Å². The SMILES string of the molecule is COc1ccc([C@@H]2C[C@@H](c3cccc(C)c3)n3nc(N)nc3N2)cc1. The third-order valence-electron chi connectivity index (χ3n) is 4.65. The predicted molar refractivity (Wildman–Crippen MR) is 97.7 cm³/mol. The fourth-order valence-electron chi connectivity index (χ4n) is 3.40. The lowest BCUT2D eigenvalue weighted by atomic mass is 9.92. The molecule has 1 aliphatic heterocycles. The summed E-state index contributed by atoms with van der Waals surface area (Å²) >= 11 is 0. The van der Waals surface area contributed by atoms with Crippen molar-refractivity contribution in [3.8, 4) is 5.75 Å². The second-order valence-corrected chi connectivity index (χ2v) is 6.37.